The Hall–Kier alpha value is -1.46. The van der Waals surface area contributed by atoms with Gasteiger partial charge in [-0.2, -0.15) is 0 Å². The van der Waals surface area contributed by atoms with Crippen molar-refractivity contribution < 1.29 is 23.7 Å². The second-order valence-electron chi connectivity index (χ2n) is 5.43. The first-order valence-corrected chi connectivity index (χ1v) is 7.90. The Bertz CT molecular complexity index is 544. The molecular weight excluding hydrogens is 293 g/mol. The number of phosphoric acid groups is 1. The molecule has 1 amide bonds. The highest BCUT2D eigenvalue weighted by atomic mass is 31.2. The van der Waals surface area contributed by atoms with Crippen molar-refractivity contribution in [2.45, 2.75) is 20.8 Å². The van der Waals surface area contributed by atoms with Crippen LogP contribution in [0.4, 0.5) is 5.69 Å². The number of anilines is 1. The van der Waals surface area contributed by atoms with Crippen LogP contribution in [-0.2, 0) is 13.9 Å². The predicted molar refractivity (Wildman–Crippen MR) is 80.5 cm³/mol. The average molecular weight is 313 g/mol. The predicted octanol–water partition coefficient (Wildman–Crippen LogP) is 2.69. The zero-order valence-electron chi connectivity index (χ0n) is 12.3. The molecule has 0 saturated heterocycles. The maximum absolute atomic E-state index is 12.4. The van der Waals surface area contributed by atoms with Crippen LogP contribution in [0.1, 0.15) is 20.8 Å². The van der Waals surface area contributed by atoms with Gasteiger partial charge in [-0.1, -0.05) is 39.0 Å². The van der Waals surface area contributed by atoms with Crippen LogP contribution in [0.3, 0.4) is 0 Å². The molecule has 0 aliphatic carbocycles. The van der Waals surface area contributed by atoms with E-state index in [2.05, 4.69) is 4.52 Å². The third-order valence-corrected chi connectivity index (χ3v) is 2.97. The van der Waals surface area contributed by atoms with Crippen LogP contribution < -0.4 is 4.90 Å². The molecule has 116 valence electrons. The number of carbonyl (C=O) groups excluding carboxylic acids is 1. The number of benzene rings is 1. The van der Waals surface area contributed by atoms with E-state index >= 15 is 0 Å². The zero-order valence-corrected chi connectivity index (χ0v) is 13.2. The molecule has 21 heavy (non-hydrogen) atoms. The van der Waals surface area contributed by atoms with Gasteiger partial charge in [0.1, 0.15) is 0 Å². The number of rotatable bonds is 5. The van der Waals surface area contributed by atoms with E-state index in [1.807, 2.05) is 6.07 Å². The van der Waals surface area contributed by atoms with Gasteiger partial charge >= 0.3 is 7.82 Å². The quantitative estimate of drug-likeness (QED) is 0.816. The molecule has 0 saturated carbocycles. The molecule has 0 aliphatic rings. The maximum atomic E-state index is 12.4. The van der Waals surface area contributed by atoms with E-state index in [1.165, 1.54) is 17.2 Å². The van der Waals surface area contributed by atoms with E-state index in [9.17, 15) is 9.36 Å². The molecule has 0 bridgehead atoms. The fourth-order valence-corrected chi connectivity index (χ4v) is 1.79. The van der Waals surface area contributed by atoms with E-state index < -0.39 is 13.2 Å². The molecule has 0 fully saturated rings. The molecule has 1 aromatic carbocycles. The summed E-state index contributed by atoms with van der Waals surface area (Å²) >= 11 is 0. The zero-order chi connectivity index (χ0) is 16.1. The number of carbonyl (C=O) groups is 1. The van der Waals surface area contributed by atoms with E-state index in [1.54, 1.807) is 45.0 Å². The molecule has 0 aromatic heterocycles. The largest absolute Gasteiger partial charge is 0.469 e. The van der Waals surface area contributed by atoms with Gasteiger partial charge < -0.3 is 9.79 Å². The average Bonchev–Trinajstić information content (AvgIpc) is 2.37. The van der Waals surface area contributed by atoms with Crippen molar-refractivity contribution >= 4 is 19.4 Å². The highest BCUT2D eigenvalue weighted by Crippen LogP contribution is 2.35. The van der Waals surface area contributed by atoms with Gasteiger partial charge in [0.25, 0.3) is 0 Å². The van der Waals surface area contributed by atoms with E-state index in [0.717, 1.165) is 0 Å². The van der Waals surface area contributed by atoms with Gasteiger partial charge in [-0.15, -0.1) is 0 Å². The van der Waals surface area contributed by atoms with Crippen LogP contribution in [0.2, 0.25) is 0 Å². The van der Waals surface area contributed by atoms with Gasteiger partial charge in [-0.3, -0.25) is 14.2 Å². The van der Waals surface area contributed by atoms with Crippen LogP contribution in [0.5, 0.6) is 0 Å². The number of amides is 1. The van der Waals surface area contributed by atoms with E-state index in [0.29, 0.717) is 5.69 Å². The molecule has 2 N–H and O–H groups in total. The minimum atomic E-state index is -4.51. The molecule has 7 heteroatoms. The summed E-state index contributed by atoms with van der Waals surface area (Å²) in [6.07, 6.45) is 2.84. The van der Waals surface area contributed by atoms with Gasteiger partial charge in [0.05, 0.1) is 6.61 Å². The second-order valence-corrected chi connectivity index (χ2v) is 6.67. The summed E-state index contributed by atoms with van der Waals surface area (Å²) in [6, 6.07) is 9.00. The summed E-state index contributed by atoms with van der Waals surface area (Å²) in [4.78, 5) is 31.1. The Morgan fingerprint density at radius 3 is 2.33 bits per heavy atom. The molecule has 6 nitrogen and oxygen atoms in total. The lowest BCUT2D eigenvalue weighted by Crippen LogP contribution is -2.36. The van der Waals surface area contributed by atoms with Crippen LogP contribution in [0, 0.1) is 5.41 Å². The van der Waals surface area contributed by atoms with Gasteiger partial charge in [-0.25, -0.2) is 4.57 Å². The normalized spacial score (nSPS) is 12.6. The molecule has 0 heterocycles. The van der Waals surface area contributed by atoms with Gasteiger partial charge in [0.15, 0.2) is 0 Å². The minimum Gasteiger partial charge on any atom is -0.303 e. The van der Waals surface area contributed by atoms with Crippen LogP contribution >= 0.6 is 7.82 Å². The number of phosphoric ester groups is 1. The van der Waals surface area contributed by atoms with Gasteiger partial charge in [-0.05, 0) is 18.2 Å². The Labute approximate surface area is 124 Å². The van der Waals surface area contributed by atoms with E-state index in [4.69, 9.17) is 9.79 Å². The van der Waals surface area contributed by atoms with Crippen molar-refractivity contribution in [2.24, 2.45) is 5.41 Å². The van der Waals surface area contributed by atoms with Crippen molar-refractivity contribution in [1.82, 2.24) is 0 Å². The Balaban J connectivity index is 2.91. The van der Waals surface area contributed by atoms with E-state index in [-0.39, 0.29) is 12.5 Å². The molecule has 0 unspecified atom stereocenters. The maximum Gasteiger partial charge on any atom is 0.469 e. The topological polar surface area (TPSA) is 87.1 Å². The summed E-state index contributed by atoms with van der Waals surface area (Å²) in [5, 5.41) is 0. The van der Waals surface area contributed by atoms with Crippen molar-refractivity contribution in [1.29, 1.82) is 0 Å². The van der Waals surface area contributed by atoms with Crippen molar-refractivity contribution in [3.8, 4) is 0 Å². The lowest BCUT2D eigenvalue weighted by atomic mass is 9.94. The summed E-state index contributed by atoms with van der Waals surface area (Å²) in [7, 11) is -4.51. The third kappa shape index (κ3) is 6.23. The third-order valence-electron chi connectivity index (χ3n) is 2.49. The summed E-state index contributed by atoms with van der Waals surface area (Å²) < 4.78 is 14.9. The molecule has 1 rings (SSSR count). The summed E-state index contributed by atoms with van der Waals surface area (Å²) in [5.74, 6) is -0.138. The highest BCUT2D eigenvalue weighted by Gasteiger charge is 2.27. The number of nitrogens with zero attached hydrogens (tertiary/aromatic N) is 1. The smallest absolute Gasteiger partial charge is 0.303 e. The van der Waals surface area contributed by atoms with Crippen LogP contribution in [0.25, 0.3) is 0 Å². The lowest BCUT2D eigenvalue weighted by molar-refractivity contribution is -0.125. The lowest BCUT2D eigenvalue weighted by Gasteiger charge is -2.26. The number of hydrogen-bond donors (Lipinski definition) is 2. The first-order valence-electron chi connectivity index (χ1n) is 6.37. The van der Waals surface area contributed by atoms with Gasteiger partial charge in [0, 0.05) is 17.3 Å². The molecular formula is C14H20NO5P. The van der Waals surface area contributed by atoms with Crippen LogP contribution in [0.15, 0.2) is 42.6 Å². The van der Waals surface area contributed by atoms with Crippen molar-refractivity contribution in [2.75, 3.05) is 11.5 Å². The van der Waals surface area contributed by atoms with Crippen molar-refractivity contribution in [3.63, 3.8) is 0 Å². The molecule has 0 atom stereocenters. The Morgan fingerprint density at radius 1 is 1.29 bits per heavy atom. The number of hydrogen-bond acceptors (Lipinski definition) is 3. The van der Waals surface area contributed by atoms with Gasteiger partial charge in [0.2, 0.25) is 5.91 Å². The molecule has 0 aliphatic heterocycles. The monoisotopic (exact) mass is 313 g/mol. The fourth-order valence-electron chi connectivity index (χ4n) is 1.51. The van der Waals surface area contributed by atoms with Crippen molar-refractivity contribution in [3.05, 3.63) is 42.6 Å². The Morgan fingerprint density at radius 2 is 1.86 bits per heavy atom. The molecule has 0 radical (unpaired) electrons. The van der Waals surface area contributed by atoms with Crippen LogP contribution in [-0.4, -0.2) is 22.3 Å². The number of para-hydroxylation sites is 1. The summed E-state index contributed by atoms with van der Waals surface area (Å²) in [6.45, 7) is 5.10. The first-order chi connectivity index (χ1) is 9.61. The fraction of sp³-hybridized carbons (Fsp3) is 0.357. The SMILES string of the molecule is CC(C)(C)C(=O)N(/C=C/COP(=O)(O)O)c1ccccc1. The molecule has 0 spiro atoms. The minimum absolute atomic E-state index is 0.138. The Kier molecular flexibility index (Phi) is 5.87. The second kappa shape index (κ2) is 7.00. The standard InChI is InChI=1S/C14H20NO5P/c1-14(2,3)13(16)15(12-8-5-4-6-9-12)10-7-11-20-21(17,18)19/h4-10H,11H2,1-3H3,(H2,17,18,19)/b10-7+. The highest BCUT2D eigenvalue weighted by molar-refractivity contribution is 7.46. The summed E-state index contributed by atoms with van der Waals surface area (Å²) in [5.41, 5.74) is 0.0782. The first kappa shape index (κ1) is 17.6. The molecule has 1 aromatic rings.